The van der Waals surface area contributed by atoms with E-state index in [1.807, 2.05) is 0 Å². The van der Waals surface area contributed by atoms with Crippen LogP contribution in [0.25, 0.3) is 0 Å². The molecule has 2 fully saturated rings. The second kappa shape index (κ2) is 7.72. The minimum Gasteiger partial charge on any atom is -0.484 e. The van der Waals surface area contributed by atoms with Gasteiger partial charge in [-0.05, 0) is 18.6 Å². The minimum absolute atomic E-state index is 0.0800. The summed E-state index contributed by atoms with van der Waals surface area (Å²) in [6, 6.07) is 2.11. The Bertz CT molecular complexity index is 776. The highest BCUT2D eigenvalue weighted by Crippen LogP contribution is 2.37. The van der Waals surface area contributed by atoms with Gasteiger partial charge in [0.15, 0.2) is 6.61 Å². The summed E-state index contributed by atoms with van der Waals surface area (Å²) in [7, 11) is 0. The van der Waals surface area contributed by atoms with Gasteiger partial charge in [-0.25, -0.2) is 9.18 Å². The maximum absolute atomic E-state index is 13.4. The quantitative estimate of drug-likeness (QED) is 0.584. The average Bonchev–Trinajstić information content (AvgIpc) is 3.18. The van der Waals surface area contributed by atoms with Crippen LogP contribution >= 0.6 is 11.6 Å². The number of carbonyl (C=O) groups excluding carboxylic acids is 2. The number of nitrogens with two attached hydrogens (primary N) is 1. The lowest BCUT2D eigenvalue weighted by Crippen LogP contribution is -2.52. The van der Waals surface area contributed by atoms with E-state index in [-0.39, 0.29) is 23.2 Å². The minimum atomic E-state index is -5.30. The smallest absolute Gasteiger partial charge is 0.484 e. The molecule has 0 aliphatic carbocycles. The van der Waals surface area contributed by atoms with E-state index in [9.17, 15) is 27.2 Å². The Morgan fingerprint density at radius 3 is 2.54 bits per heavy atom. The zero-order valence-corrected chi connectivity index (χ0v) is 14.9. The molecule has 4 atom stereocenters. The number of hydrogen-bond acceptors (Lipinski definition) is 6. The Kier molecular flexibility index (Phi) is 5.69. The third-order valence-corrected chi connectivity index (χ3v) is 4.75. The van der Waals surface area contributed by atoms with Crippen molar-refractivity contribution in [1.82, 2.24) is 5.06 Å². The summed E-state index contributed by atoms with van der Waals surface area (Å²) in [5, 5.41) is 0.147. The molecule has 1 aromatic carbocycles. The first-order valence-electron chi connectivity index (χ1n) is 8.16. The van der Waals surface area contributed by atoms with Crippen LogP contribution in [-0.4, -0.2) is 54.0 Å². The molecule has 2 bridgehead atoms. The molecule has 154 valence electrons. The summed E-state index contributed by atoms with van der Waals surface area (Å²) in [5.41, 5.74) is 5.80. The van der Waals surface area contributed by atoms with Crippen LogP contribution in [0, 0.1) is 5.82 Å². The van der Waals surface area contributed by atoms with Gasteiger partial charge < -0.3 is 20.0 Å². The molecule has 2 heterocycles. The van der Waals surface area contributed by atoms with Crippen molar-refractivity contribution in [3.63, 3.8) is 0 Å². The van der Waals surface area contributed by atoms with Gasteiger partial charge in [-0.1, -0.05) is 11.6 Å². The highest BCUT2D eigenvalue weighted by atomic mass is 35.5. The van der Waals surface area contributed by atoms with Crippen molar-refractivity contribution in [3.8, 4) is 5.75 Å². The van der Waals surface area contributed by atoms with Crippen molar-refractivity contribution in [2.75, 3.05) is 6.61 Å². The molecule has 1 amide bonds. The molecule has 0 aromatic heterocycles. The Balaban J connectivity index is 1.71. The first-order valence-corrected chi connectivity index (χ1v) is 8.54. The van der Waals surface area contributed by atoms with Gasteiger partial charge in [-0.2, -0.15) is 18.2 Å². The lowest BCUT2D eigenvalue weighted by molar-refractivity contribution is -0.246. The van der Waals surface area contributed by atoms with Gasteiger partial charge >= 0.3 is 12.1 Å². The summed E-state index contributed by atoms with van der Waals surface area (Å²) >= 11 is 5.53. The maximum Gasteiger partial charge on any atom is 0.493 e. The zero-order valence-electron chi connectivity index (χ0n) is 14.1. The number of hydrogen-bond donors (Lipinski definition) is 1. The molecule has 2 aliphatic heterocycles. The van der Waals surface area contributed by atoms with E-state index in [0.29, 0.717) is 11.5 Å². The van der Waals surface area contributed by atoms with Gasteiger partial charge in [0.2, 0.25) is 0 Å². The number of carbonyl (C=O) groups is 2. The normalized spacial score (nSPS) is 26.2. The number of alkyl halides is 3. The Labute approximate surface area is 161 Å². The molecule has 0 saturated carbocycles. The monoisotopic (exact) mass is 426 g/mol. The second-order valence-corrected chi connectivity index (χ2v) is 6.78. The number of rotatable bonds is 4. The van der Waals surface area contributed by atoms with Crippen molar-refractivity contribution in [2.24, 2.45) is 5.73 Å². The van der Waals surface area contributed by atoms with Gasteiger partial charge in [0.25, 0.3) is 5.91 Å². The van der Waals surface area contributed by atoms with E-state index in [4.69, 9.17) is 26.8 Å². The van der Waals surface area contributed by atoms with E-state index in [1.165, 1.54) is 12.1 Å². The van der Waals surface area contributed by atoms with Gasteiger partial charge in [0.1, 0.15) is 11.6 Å². The van der Waals surface area contributed by atoms with E-state index >= 15 is 0 Å². The van der Waals surface area contributed by atoms with Gasteiger partial charge in [0.05, 0.1) is 23.3 Å². The second-order valence-electron chi connectivity index (χ2n) is 6.38. The summed E-state index contributed by atoms with van der Waals surface area (Å²) in [4.78, 5) is 28.0. The van der Waals surface area contributed by atoms with Crippen LogP contribution in [0.5, 0.6) is 5.75 Å². The van der Waals surface area contributed by atoms with Crippen LogP contribution in [0.2, 0.25) is 5.02 Å². The van der Waals surface area contributed by atoms with Crippen molar-refractivity contribution in [3.05, 3.63) is 29.0 Å². The average molecular weight is 427 g/mol. The molecule has 0 spiro atoms. The van der Waals surface area contributed by atoms with Crippen LogP contribution < -0.4 is 10.5 Å². The van der Waals surface area contributed by atoms with Crippen LogP contribution in [0.15, 0.2) is 18.2 Å². The molecule has 28 heavy (non-hydrogen) atoms. The molecule has 2 N–H and O–H groups in total. The third-order valence-electron chi connectivity index (χ3n) is 4.45. The molecule has 2 aliphatic rings. The largest absolute Gasteiger partial charge is 0.493 e. The van der Waals surface area contributed by atoms with Crippen molar-refractivity contribution in [1.29, 1.82) is 0 Å². The highest BCUT2D eigenvalue weighted by molar-refractivity contribution is 6.30. The summed E-state index contributed by atoms with van der Waals surface area (Å²) in [5.74, 6) is -4.50. The SMILES string of the molecule is NC1CC2OC1CC2N(OC(=O)C(F)(F)F)C(=O)COc1ccc(Cl)c(F)c1. The predicted octanol–water partition coefficient (Wildman–Crippen LogP) is 1.96. The number of hydroxylamine groups is 2. The van der Waals surface area contributed by atoms with Crippen LogP contribution in [0.3, 0.4) is 0 Å². The number of nitrogens with zero attached hydrogens (tertiary/aromatic N) is 1. The maximum atomic E-state index is 13.4. The van der Waals surface area contributed by atoms with E-state index < -0.39 is 48.7 Å². The molecule has 2 saturated heterocycles. The topological polar surface area (TPSA) is 91.1 Å². The molecule has 1 aromatic rings. The van der Waals surface area contributed by atoms with Crippen molar-refractivity contribution < 1.29 is 41.5 Å². The molecule has 7 nitrogen and oxygen atoms in total. The van der Waals surface area contributed by atoms with E-state index in [2.05, 4.69) is 4.84 Å². The first kappa shape index (κ1) is 20.6. The Hall–Kier alpha value is -2.11. The first-order chi connectivity index (χ1) is 13.1. The van der Waals surface area contributed by atoms with Crippen LogP contribution in [-0.2, 0) is 19.2 Å². The third kappa shape index (κ3) is 4.31. The molecular formula is C16H15ClF4N2O5. The van der Waals surface area contributed by atoms with Gasteiger partial charge in [-0.3, -0.25) is 4.79 Å². The number of benzene rings is 1. The lowest BCUT2D eigenvalue weighted by atomic mass is 9.91. The summed E-state index contributed by atoms with van der Waals surface area (Å²) in [6.07, 6.45) is -6.02. The van der Waals surface area contributed by atoms with Crippen LogP contribution in [0.1, 0.15) is 12.8 Å². The van der Waals surface area contributed by atoms with E-state index in [0.717, 1.165) is 6.07 Å². The predicted molar refractivity (Wildman–Crippen MR) is 85.6 cm³/mol. The van der Waals surface area contributed by atoms with Gasteiger partial charge in [-0.15, -0.1) is 0 Å². The zero-order chi connectivity index (χ0) is 20.6. The molecular weight excluding hydrogens is 412 g/mol. The fourth-order valence-electron chi connectivity index (χ4n) is 3.14. The molecule has 3 rings (SSSR count). The number of halogens is 5. The number of ether oxygens (including phenoxy) is 2. The molecule has 4 unspecified atom stereocenters. The lowest BCUT2D eigenvalue weighted by Gasteiger charge is -2.32. The fraction of sp³-hybridized carbons (Fsp3) is 0.500. The summed E-state index contributed by atoms with van der Waals surface area (Å²) < 4.78 is 61.8. The van der Waals surface area contributed by atoms with Gasteiger partial charge in [0, 0.05) is 18.5 Å². The van der Waals surface area contributed by atoms with E-state index in [1.54, 1.807) is 0 Å². The van der Waals surface area contributed by atoms with Crippen molar-refractivity contribution >= 4 is 23.5 Å². The Morgan fingerprint density at radius 1 is 1.29 bits per heavy atom. The Morgan fingerprint density at radius 2 is 2.00 bits per heavy atom. The fourth-order valence-corrected chi connectivity index (χ4v) is 3.25. The number of amides is 1. The van der Waals surface area contributed by atoms with Crippen LogP contribution in [0.4, 0.5) is 17.6 Å². The standard InChI is InChI=1S/C16H15ClF4N2O5/c17-8-2-1-7(3-9(8)18)26-6-14(24)23(28-15(25)16(19,20)21)11-5-12-10(22)4-13(11)27-12/h1-3,10-13H,4-6,22H2. The van der Waals surface area contributed by atoms with Crippen molar-refractivity contribution in [2.45, 2.75) is 43.3 Å². The highest BCUT2D eigenvalue weighted by Gasteiger charge is 2.52. The molecule has 0 radical (unpaired) electrons. The molecule has 12 heteroatoms. The summed E-state index contributed by atoms with van der Waals surface area (Å²) in [6.45, 7) is -0.799. The number of fused-ring (bicyclic) bond motifs is 2.